The van der Waals surface area contributed by atoms with Gasteiger partial charge in [0.25, 0.3) is 11.8 Å². The van der Waals surface area contributed by atoms with Crippen molar-refractivity contribution >= 4 is 28.2 Å². The molecule has 1 aromatic carbocycles. The maximum Gasteiger partial charge on any atom is 0.280 e. The van der Waals surface area contributed by atoms with Gasteiger partial charge in [-0.1, -0.05) is 38.1 Å². The number of hydrogen-bond donors (Lipinski definition) is 3. The summed E-state index contributed by atoms with van der Waals surface area (Å²) in [6.07, 6.45) is 2.33. The Morgan fingerprint density at radius 1 is 1.23 bits per heavy atom. The van der Waals surface area contributed by atoms with E-state index in [-0.39, 0.29) is 5.91 Å². The highest BCUT2D eigenvalue weighted by atomic mass is 32.1. The Morgan fingerprint density at radius 3 is 2.50 bits per heavy atom. The molecule has 5 nitrogen and oxygen atoms in total. The number of anilines is 1. The summed E-state index contributed by atoms with van der Waals surface area (Å²) in [5, 5.41) is 5.15. The van der Waals surface area contributed by atoms with Crippen LogP contribution in [0.3, 0.4) is 0 Å². The van der Waals surface area contributed by atoms with E-state index in [9.17, 15) is 9.59 Å². The zero-order valence-electron chi connectivity index (χ0n) is 15.2. The lowest BCUT2D eigenvalue weighted by Crippen LogP contribution is -3.13. The van der Waals surface area contributed by atoms with Gasteiger partial charge in [-0.2, -0.15) is 0 Å². The Morgan fingerprint density at radius 2 is 1.92 bits per heavy atom. The fourth-order valence-electron chi connectivity index (χ4n) is 3.10. The van der Waals surface area contributed by atoms with Crippen molar-refractivity contribution in [2.24, 2.45) is 5.73 Å². The number of carbonyl (C=O) groups excluding carboxylic acids is 2. The monoisotopic (exact) mass is 372 g/mol. The first-order valence-electron chi connectivity index (χ1n) is 9.04. The fourth-order valence-corrected chi connectivity index (χ4v) is 3.91. The first-order chi connectivity index (χ1) is 12.4. The van der Waals surface area contributed by atoms with Crippen molar-refractivity contribution < 1.29 is 14.5 Å². The van der Waals surface area contributed by atoms with Crippen molar-refractivity contribution in [1.82, 2.24) is 0 Å². The van der Waals surface area contributed by atoms with Crippen LogP contribution in [0.25, 0.3) is 0 Å². The van der Waals surface area contributed by atoms with Crippen molar-refractivity contribution in [2.45, 2.75) is 45.2 Å². The molecule has 0 bridgehead atoms. The van der Waals surface area contributed by atoms with Crippen LogP contribution in [0.2, 0.25) is 0 Å². The van der Waals surface area contributed by atoms with Gasteiger partial charge < -0.3 is 16.0 Å². The van der Waals surface area contributed by atoms with E-state index in [0.717, 1.165) is 19.4 Å². The SMILES string of the molecule is CC(C)c1ccc(C[NH+](CC(=O)Nc2sccc2C(N)=O)C2CC2)cc1. The number of benzene rings is 1. The summed E-state index contributed by atoms with van der Waals surface area (Å²) < 4.78 is 0. The van der Waals surface area contributed by atoms with Crippen LogP contribution in [0, 0.1) is 0 Å². The van der Waals surface area contributed by atoms with Gasteiger partial charge in [-0.05, 0) is 22.9 Å². The summed E-state index contributed by atoms with van der Waals surface area (Å²) in [6, 6.07) is 10.9. The molecule has 0 saturated heterocycles. The maximum atomic E-state index is 12.5. The molecule has 1 aromatic heterocycles. The molecule has 4 N–H and O–H groups in total. The molecule has 1 aliphatic rings. The van der Waals surface area contributed by atoms with Gasteiger partial charge in [-0.15, -0.1) is 11.3 Å². The summed E-state index contributed by atoms with van der Waals surface area (Å²) in [6.45, 7) is 5.61. The molecule has 1 aliphatic carbocycles. The summed E-state index contributed by atoms with van der Waals surface area (Å²) in [5.41, 5.74) is 8.29. The highest BCUT2D eigenvalue weighted by Gasteiger charge is 2.34. The third kappa shape index (κ3) is 4.71. The van der Waals surface area contributed by atoms with Gasteiger partial charge >= 0.3 is 0 Å². The van der Waals surface area contributed by atoms with Gasteiger partial charge in [-0.25, -0.2) is 0 Å². The molecular formula is C20H26N3O2S+. The molecule has 3 rings (SSSR count). The zero-order valence-corrected chi connectivity index (χ0v) is 16.1. The van der Waals surface area contributed by atoms with Crippen LogP contribution in [-0.2, 0) is 11.3 Å². The van der Waals surface area contributed by atoms with E-state index in [1.807, 2.05) is 0 Å². The van der Waals surface area contributed by atoms with Crippen LogP contribution in [0.4, 0.5) is 5.00 Å². The first kappa shape index (κ1) is 18.6. The third-order valence-electron chi connectivity index (χ3n) is 4.80. The number of nitrogens with two attached hydrogens (primary N) is 1. The smallest absolute Gasteiger partial charge is 0.280 e. The highest BCUT2D eigenvalue weighted by molar-refractivity contribution is 7.14. The number of primary amides is 1. The normalized spacial score (nSPS) is 15.0. The number of nitrogens with one attached hydrogen (secondary N) is 2. The summed E-state index contributed by atoms with van der Waals surface area (Å²) in [7, 11) is 0. The Bertz CT molecular complexity index is 779. The van der Waals surface area contributed by atoms with Crippen molar-refractivity contribution in [3.8, 4) is 0 Å². The Kier molecular flexibility index (Phi) is 5.74. The lowest BCUT2D eigenvalue weighted by atomic mass is 10.0. The van der Waals surface area contributed by atoms with Crippen LogP contribution in [0.15, 0.2) is 35.7 Å². The van der Waals surface area contributed by atoms with Crippen molar-refractivity contribution in [3.63, 3.8) is 0 Å². The standard InChI is InChI=1S/C20H25N3O2S/c1-13(2)15-5-3-14(4-6-15)11-23(16-7-8-16)12-18(24)22-20-17(19(21)25)9-10-26-20/h3-6,9-10,13,16H,7-8,11-12H2,1-2H3,(H2,21,25)(H,22,24)/p+1. The lowest BCUT2D eigenvalue weighted by Gasteiger charge is -2.19. The Balaban J connectivity index is 1.62. The topological polar surface area (TPSA) is 76.6 Å². The highest BCUT2D eigenvalue weighted by Crippen LogP contribution is 2.22. The molecule has 0 radical (unpaired) electrons. The number of thiophene rings is 1. The van der Waals surface area contributed by atoms with E-state index in [1.54, 1.807) is 11.4 Å². The molecule has 26 heavy (non-hydrogen) atoms. The predicted octanol–water partition coefficient (Wildman–Crippen LogP) is 2.16. The molecule has 1 fully saturated rings. The number of quaternary nitrogens is 1. The van der Waals surface area contributed by atoms with E-state index < -0.39 is 5.91 Å². The molecule has 0 spiro atoms. The summed E-state index contributed by atoms with van der Waals surface area (Å²) in [5.74, 6) is -0.0687. The average Bonchev–Trinajstić information content (AvgIpc) is 3.34. The molecular weight excluding hydrogens is 346 g/mol. The Labute approximate surface area is 158 Å². The molecule has 1 heterocycles. The fraction of sp³-hybridized carbons (Fsp3) is 0.400. The summed E-state index contributed by atoms with van der Waals surface area (Å²) >= 11 is 1.32. The van der Waals surface area contributed by atoms with Gasteiger partial charge in [0.2, 0.25) is 0 Å². The molecule has 138 valence electrons. The minimum atomic E-state index is -0.516. The van der Waals surface area contributed by atoms with Gasteiger partial charge in [0.05, 0.1) is 11.6 Å². The predicted molar refractivity (Wildman–Crippen MR) is 105 cm³/mol. The van der Waals surface area contributed by atoms with Crippen molar-refractivity contribution in [2.75, 3.05) is 11.9 Å². The molecule has 2 aromatic rings. The van der Waals surface area contributed by atoms with Crippen molar-refractivity contribution in [3.05, 3.63) is 52.4 Å². The largest absolute Gasteiger partial charge is 0.366 e. The van der Waals surface area contributed by atoms with Crippen LogP contribution >= 0.6 is 11.3 Å². The van der Waals surface area contributed by atoms with Crippen LogP contribution < -0.4 is 16.0 Å². The van der Waals surface area contributed by atoms with Crippen molar-refractivity contribution in [1.29, 1.82) is 0 Å². The molecule has 0 aliphatic heterocycles. The van der Waals surface area contributed by atoms with Gasteiger partial charge in [-0.3, -0.25) is 9.59 Å². The first-order valence-corrected chi connectivity index (χ1v) is 9.92. The van der Waals surface area contributed by atoms with Gasteiger partial charge in [0.15, 0.2) is 6.54 Å². The number of carbonyl (C=O) groups is 2. The molecule has 2 amide bonds. The third-order valence-corrected chi connectivity index (χ3v) is 5.63. The second kappa shape index (κ2) is 8.01. The van der Waals surface area contributed by atoms with E-state index in [0.29, 0.717) is 29.1 Å². The van der Waals surface area contributed by atoms with Crippen LogP contribution in [-0.4, -0.2) is 24.4 Å². The van der Waals surface area contributed by atoms with Gasteiger partial charge in [0.1, 0.15) is 11.5 Å². The second-order valence-electron chi connectivity index (χ2n) is 7.26. The number of amides is 2. The zero-order chi connectivity index (χ0) is 18.7. The molecule has 6 heteroatoms. The quantitative estimate of drug-likeness (QED) is 0.664. The number of rotatable bonds is 8. The number of hydrogen-bond acceptors (Lipinski definition) is 3. The maximum absolute atomic E-state index is 12.5. The van der Waals surface area contributed by atoms with E-state index >= 15 is 0 Å². The van der Waals surface area contributed by atoms with Gasteiger partial charge in [0, 0.05) is 18.4 Å². The van der Waals surface area contributed by atoms with Crippen LogP contribution in [0.5, 0.6) is 0 Å². The molecule has 1 saturated carbocycles. The molecule has 1 atom stereocenters. The van der Waals surface area contributed by atoms with E-state index in [4.69, 9.17) is 5.73 Å². The second-order valence-corrected chi connectivity index (χ2v) is 8.17. The lowest BCUT2D eigenvalue weighted by molar-refractivity contribution is -0.916. The van der Waals surface area contributed by atoms with Crippen LogP contribution in [0.1, 0.15) is 54.1 Å². The minimum Gasteiger partial charge on any atom is -0.366 e. The Hall–Kier alpha value is -2.18. The molecule has 1 unspecified atom stereocenters. The average molecular weight is 373 g/mol. The van der Waals surface area contributed by atoms with E-state index in [1.165, 1.54) is 27.4 Å². The van der Waals surface area contributed by atoms with E-state index in [2.05, 4.69) is 43.4 Å². The summed E-state index contributed by atoms with van der Waals surface area (Å²) in [4.78, 5) is 25.2. The minimum absolute atomic E-state index is 0.0735.